The van der Waals surface area contributed by atoms with Gasteiger partial charge in [-0.25, -0.2) is 4.79 Å². The number of hydrogen-bond acceptors (Lipinski definition) is 3. The number of phenols is 1. The van der Waals surface area contributed by atoms with E-state index in [-0.39, 0.29) is 11.4 Å². The first-order valence-electron chi connectivity index (χ1n) is 7.22. The average molecular weight is 321 g/mol. The monoisotopic (exact) mass is 320 g/mol. The summed E-state index contributed by atoms with van der Waals surface area (Å²) in [6, 6.07) is 1.47. The van der Waals surface area contributed by atoms with E-state index >= 15 is 0 Å². The van der Waals surface area contributed by atoms with Gasteiger partial charge in [0.05, 0.1) is 10.7 Å². The van der Waals surface area contributed by atoms with Crippen molar-refractivity contribution in [3.8, 4) is 17.0 Å². The van der Waals surface area contributed by atoms with E-state index in [9.17, 15) is 9.90 Å². The number of benzene rings is 1. The summed E-state index contributed by atoms with van der Waals surface area (Å²) in [7, 11) is 1.66. The highest BCUT2D eigenvalue weighted by atomic mass is 35.5. The summed E-state index contributed by atoms with van der Waals surface area (Å²) >= 11 is 6.36. The van der Waals surface area contributed by atoms with Crippen molar-refractivity contribution in [1.29, 1.82) is 0 Å². The van der Waals surface area contributed by atoms with E-state index in [1.807, 2.05) is 6.92 Å². The zero-order valence-corrected chi connectivity index (χ0v) is 13.2. The van der Waals surface area contributed by atoms with Crippen molar-refractivity contribution in [3.05, 3.63) is 33.5 Å². The molecular weight excluding hydrogens is 304 g/mol. The summed E-state index contributed by atoms with van der Waals surface area (Å²) in [5, 5.41) is 24.0. The molecular formula is C16H17ClN2O3. The molecule has 0 fully saturated rings. The molecule has 1 aromatic carbocycles. The first-order valence-corrected chi connectivity index (χ1v) is 7.60. The smallest absolute Gasteiger partial charge is 0.356 e. The fourth-order valence-electron chi connectivity index (χ4n) is 3.26. The molecule has 0 saturated heterocycles. The minimum absolute atomic E-state index is 0.0137. The van der Waals surface area contributed by atoms with Crippen molar-refractivity contribution in [2.24, 2.45) is 7.05 Å². The molecule has 116 valence electrons. The minimum Gasteiger partial charge on any atom is -0.506 e. The van der Waals surface area contributed by atoms with E-state index in [4.69, 9.17) is 16.7 Å². The van der Waals surface area contributed by atoms with Crippen LogP contribution in [-0.4, -0.2) is 26.0 Å². The number of aromatic carboxylic acids is 1. The lowest BCUT2D eigenvalue weighted by Gasteiger charge is -2.23. The first kappa shape index (κ1) is 14.9. The van der Waals surface area contributed by atoms with Crippen molar-refractivity contribution in [2.45, 2.75) is 32.6 Å². The summed E-state index contributed by atoms with van der Waals surface area (Å²) in [6.45, 7) is 1.95. The molecule has 0 unspecified atom stereocenters. The quantitative estimate of drug-likeness (QED) is 0.890. The van der Waals surface area contributed by atoms with Crippen molar-refractivity contribution in [3.63, 3.8) is 0 Å². The number of carboxylic acid groups (broad SMARTS) is 1. The predicted molar refractivity (Wildman–Crippen MR) is 83.7 cm³/mol. The Balaban J connectivity index is 2.28. The van der Waals surface area contributed by atoms with Gasteiger partial charge in [-0.15, -0.1) is 0 Å². The van der Waals surface area contributed by atoms with Gasteiger partial charge in [-0.2, -0.15) is 5.10 Å². The molecule has 6 heteroatoms. The lowest BCUT2D eigenvalue weighted by Crippen LogP contribution is -2.08. The number of hydrogen-bond donors (Lipinski definition) is 2. The third-order valence-electron chi connectivity index (χ3n) is 4.36. The van der Waals surface area contributed by atoms with Crippen LogP contribution in [0.15, 0.2) is 6.07 Å². The molecule has 22 heavy (non-hydrogen) atoms. The fraction of sp³-hybridized carbons (Fsp3) is 0.375. The predicted octanol–water partition coefficient (Wildman–Crippen LogP) is 3.33. The normalized spacial score (nSPS) is 14.0. The van der Waals surface area contributed by atoms with Crippen LogP contribution in [0.1, 0.15) is 40.0 Å². The maximum Gasteiger partial charge on any atom is 0.356 e. The Morgan fingerprint density at radius 3 is 2.55 bits per heavy atom. The van der Waals surface area contributed by atoms with Gasteiger partial charge < -0.3 is 10.2 Å². The Morgan fingerprint density at radius 2 is 1.95 bits per heavy atom. The zero-order chi connectivity index (χ0) is 16.0. The summed E-state index contributed by atoms with van der Waals surface area (Å²) in [4.78, 5) is 11.1. The number of halogens is 1. The van der Waals surface area contributed by atoms with Crippen LogP contribution in [-0.2, 0) is 19.9 Å². The number of aromatic nitrogens is 2. The Labute approximate surface area is 133 Å². The Hall–Kier alpha value is -2.01. The molecule has 1 aromatic heterocycles. The Morgan fingerprint density at radius 1 is 1.32 bits per heavy atom. The van der Waals surface area contributed by atoms with Crippen molar-refractivity contribution in [2.75, 3.05) is 0 Å². The van der Waals surface area contributed by atoms with Crippen LogP contribution < -0.4 is 0 Å². The summed E-state index contributed by atoms with van der Waals surface area (Å²) in [5.74, 6) is -1.08. The van der Waals surface area contributed by atoms with E-state index < -0.39 is 5.97 Å². The van der Waals surface area contributed by atoms with E-state index in [2.05, 4.69) is 5.10 Å². The molecule has 1 aliphatic rings. The molecule has 0 saturated carbocycles. The summed E-state index contributed by atoms with van der Waals surface area (Å²) in [5.41, 5.74) is 4.23. The minimum atomic E-state index is -1.09. The number of rotatable bonds is 2. The van der Waals surface area contributed by atoms with Crippen LogP contribution in [0.3, 0.4) is 0 Å². The van der Waals surface area contributed by atoms with Crippen LogP contribution in [0.4, 0.5) is 0 Å². The number of carbonyl (C=O) groups is 1. The van der Waals surface area contributed by atoms with E-state index in [0.717, 1.165) is 36.8 Å². The second-order valence-electron chi connectivity index (χ2n) is 5.67. The van der Waals surface area contributed by atoms with Crippen LogP contribution in [0.5, 0.6) is 5.75 Å². The molecule has 2 N–H and O–H groups in total. The number of carboxylic acids is 1. The highest BCUT2D eigenvalue weighted by Crippen LogP contribution is 2.44. The van der Waals surface area contributed by atoms with Gasteiger partial charge in [0.15, 0.2) is 5.69 Å². The van der Waals surface area contributed by atoms with Gasteiger partial charge in [-0.05, 0) is 55.4 Å². The molecule has 1 aliphatic carbocycles. The van der Waals surface area contributed by atoms with Crippen molar-refractivity contribution >= 4 is 17.6 Å². The standard InChI is InChI=1S/C16H17ClN2O3/c1-8-9-5-3-4-6-10(9)14(17)15(20)13(8)12-7-11(16(21)22)18-19(12)2/h7,20H,3-6H2,1-2H3,(H,21,22). The van der Waals surface area contributed by atoms with E-state index in [0.29, 0.717) is 16.3 Å². The second kappa shape index (κ2) is 5.32. The maximum absolute atomic E-state index is 11.1. The molecule has 1 heterocycles. The van der Waals surface area contributed by atoms with Gasteiger partial charge in [-0.3, -0.25) is 4.68 Å². The number of nitrogens with zero attached hydrogens (tertiary/aromatic N) is 2. The van der Waals surface area contributed by atoms with Gasteiger partial charge in [-0.1, -0.05) is 11.6 Å². The molecule has 3 rings (SSSR count). The topological polar surface area (TPSA) is 75.3 Å². The van der Waals surface area contributed by atoms with E-state index in [1.165, 1.54) is 16.3 Å². The van der Waals surface area contributed by atoms with Gasteiger partial charge >= 0.3 is 5.97 Å². The Bertz CT molecular complexity index is 780. The third kappa shape index (κ3) is 2.16. The molecule has 0 spiro atoms. The molecule has 0 atom stereocenters. The van der Waals surface area contributed by atoms with Crippen molar-refractivity contribution < 1.29 is 15.0 Å². The number of phenolic OH excluding ortho intramolecular Hbond substituents is 1. The van der Waals surface area contributed by atoms with Crippen LogP contribution >= 0.6 is 11.6 Å². The number of fused-ring (bicyclic) bond motifs is 1. The fourth-order valence-corrected chi connectivity index (χ4v) is 3.56. The molecule has 0 amide bonds. The SMILES string of the molecule is Cc1c2c(c(Cl)c(O)c1-c1cc(C(=O)O)nn1C)CCCC2. The maximum atomic E-state index is 11.1. The third-order valence-corrected chi connectivity index (χ3v) is 4.77. The van der Waals surface area contributed by atoms with Crippen LogP contribution in [0.25, 0.3) is 11.3 Å². The van der Waals surface area contributed by atoms with Gasteiger partial charge in [0.2, 0.25) is 0 Å². The molecule has 5 nitrogen and oxygen atoms in total. The summed E-state index contributed by atoms with van der Waals surface area (Å²) < 4.78 is 1.47. The van der Waals surface area contributed by atoms with E-state index in [1.54, 1.807) is 7.05 Å². The van der Waals surface area contributed by atoms with Gasteiger partial charge in [0.25, 0.3) is 0 Å². The van der Waals surface area contributed by atoms with Crippen LogP contribution in [0.2, 0.25) is 5.02 Å². The lowest BCUT2D eigenvalue weighted by atomic mass is 9.85. The van der Waals surface area contributed by atoms with Gasteiger partial charge in [0, 0.05) is 12.6 Å². The first-order chi connectivity index (χ1) is 10.4. The van der Waals surface area contributed by atoms with Crippen LogP contribution in [0, 0.1) is 6.92 Å². The van der Waals surface area contributed by atoms with Gasteiger partial charge in [0.1, 0.15) is 5.75 Å². The molecule has 2 aromatic rings. The molecule has 0 radical (unpaired) electrons. The summed E-state index contributed by atoms with van der Waals surface area (Å²) in [6.07, 6.45) is 3.96. The highest BCUT2D eigenvalue weighted by molar-refractivity contribution is 6.33. The lowest BCUT2D eigenvalue weighted by molar-refractivity contribution is 0.0689. The van der Waals surface area contributed by atoms with Crippen molar-refractivity contribution in [1.82, 2.24) is 9.78 Å². The second-order valence-corrected chi connectivity index (χ2v) is 6.05. The zero-order valence-electron chi connectivity index (χ0n) is 12.5. The number of aryl methyl sites for hydroxylation is 1. The average Bonchev–Trinajstić information content (AvgIpc) is 2.87. The largest absolute Gasteiger partial charge is 0.506 e. The Kier molecular flexibility index (Phi) is 3.60. The molecule has 0 bridgehead atoms. The number of aromatic hydroxyl groups is 1. The highest BCUT2D eigenvalue weighted by Gasteiger charge is 2.25. The molecule has 0 aliphatic heterocycles.